The van der Waals surface area contributed by atoms with Crippen LogP contribution in [0.1, 0.15) is 36.5 Å². The molecule has 0 saturated carbocycles. The molecule has 0 heterocycles. The number of hydrogen-bond donors (Lipinski definition) is 2. The lowest BCUT2D eigenvalue weighted by atomic mass is 10.1. The topological polar surface area (TPSA) is 107 Å². The zero-order valence-electron chi connectivity index (χ0n) is 12.7. The van der Waals surface area contributed by atoms with E-state index in [0.717, 1.165) is 19.3 Å². The maximum Gasteiger partial charge on any atom is 0.282 e. The summed E-state index contributed by atoms with van der Waals surface area (Å²) in [5, 5.41) is 13.8. The summed E-state index contributed by atoms with van der Waals surface area (Å²) in [7, 11) is 1.44. The Bertz CT molecular complexity index is 511. The minimum Gasteiger partial charge on any atom is -0.497 e. The molecule has 0 saturated heterocycles. The normalized spacial score (nSPS) is 11.2. The van der Waals surface area contributed by atoms with Crippen LogP contribution in [0.5, 0.6) is 5.75 Å². The van der Waals surface area contributed by atoms with Gasteiger partial charge in [-0.3, -0.25) is 14.9 Å². The first-order chi connectivity index (χ1) is 10.0. The summed E-state index contributed by atoms with van der Waals surface area (Å²) >= 11 is 0. The van der Waals surface area contributed by atoms with Crippen molar-refractivity contribution in [3.8, 4) is 5.75 Å². The molecule has 1 rings (SSSR count). The number of nitrogens with one attached hydrogen (secondary N) is 1. The van der Waals surface area contributed by atoms with Crippen LogP contribution >= 0.6 is 12.4 Å². The van der Waals surface area contributed by atoms with Gasteiger partial charge >= 0.3 is 0 Å². The van der Waals surface area contributed by atoms with Crippen LogP contribution in [-0.2, 0) is 0 Å². The van der Waals surface area contributed by atoms with Gasteiger partial charge in [0.2, 0.25) is 0 Å². The summed E-state index contributed by atoms with van der Waals surface area (Å²) in [5.41, 5.74) is 5.35. The first-order valence-corrected chi connectivity index (χ1v) is 6.86. The van der Waals surface area contributed by atoms with Crippen molar-refractivity contribution in [3.05, 3.63) is 33.9 Å². The smallest absolute Gasteiger partial charge is 0.282 e. The van der Waals surface area contributed by atoms with E-state index in [-0.39, 0.29) is 29.7 Å². The Morgan fingerprint density at radius 1 is 1.50 bits per heavy atom. The highest BCUT2D eigenvalue weighted by Crippen LogP contribution is 2.24. The third kappa shape index (κ3) is 5.50. The van der Waals surface area contributed by atoms with Crippen molar-refractivity contribution in [3.63, 3.8) is 0 Å². The predicted molar refractivity (Wildman–Crippen MR) is 86.7 cm³/mol. The van der Waals surface area contributed by atoms with Crippen molar-refractivity contribution in [2.75, 3.05) is 13.7 Å². The van der Waals surface area contributed by atoms with Gasteiger partial charge in [0, 0.05) is 18.7 Å². The molecule has 0 aliphatic heterocycles. The van der Waals surface area contributed by atoms with E-state index in [2.05, 4.69) is 5.32 Å². The van der Waals surface area contributed by atoms with Gasteiger partial charge in [0.15, 0.2) is 0 Å². The third-order valence-electron chi connectivity index (χ3n) is 3.17. The molecule has 0 bridgehead atoms. The standard InChI is InChI=1S/C14H21N3O4.ClH/c1-3-4-5-10(9-15)16-14(18)12-8-11(21-2)6-7-13(12)17(19)20;/h6-8,10H,3-5,9,15H2,1-2H3,(H,16,18);1H. The summed E-state index contributed by atoms with van der Waals surface area (Å²) in [6.45, 7) is 2.34. The van der Waals surface area contributed by atoms with Crippen LogP contribution in [0.3, 0.4) is 0 Å². The lowest BCUT2D eigenvalue weighted by Gasteiger charge is -2.16. The third-order valence-corrected chi connectivity index (χ3v) is 3.17. The highest BCUT2D eigenvalue weighted by Gasteiger charge is 2.22. The van der Waals surface area contributed by atoms with Gasteiger partial charge in [-0.1, -0.05) is 19.8 Å². The highest BCUT2D eigenvalue weighted by molar-refractivity contribution is 5.98. The molecule has 0 spiro atoms. The van der Waals surface area contributed by atoms with Crippen LogP contribution < -0.4 is 15.8 Å². The van der Waals surface area contributed by atoms with Crippen molar-refractivity contribution in [1.29, 1.82) is 0 Å². The molecule has 3 N–H and O–H groups in total. The van der Waals surface area contributed by atoms with Gasteiger partial charge in [0.05, 0.1) is 12.0 Å². The summed E-state index contributed by atoms with van der Waals surface area (Å²) < 4.78 is 5.01. The summed E-state index contributed by atoms with van der Waals surface area (Å²) in [6, 6.07) is 3.88. The van der Waals surface area contributed by atoms with E-state index in [4.69, 9.17) is 10.5 Å². The molecule has 0 fully saturated rings. The van der Waals surface area contributed by atoms with Crippen molar-refractivity contribution in [2.24, 2.45) is 5.73 Å². The molecule has 1 atom stereocenters. The van der Waals surface area contributed by atoms with Gasteiger partial charge in [-0.2, -0.15) is 0 Å². The van der Waals surface area contributed by atoms with Crippen molar-refractivity contribution < 1.29 is 14.5 Å². The molecule has 124 valence electrons. The molecular formula is C14H22ClN3O4. The van der Waals surface area contributed by atoms with E-state index in [0.29, 0.717) is 12.3 Å². The van der Waals surface area contributed by atoms with Crippen molar-refractivity contribution >= 4 is 24.0 Å². The van der Waals surface area contributed by atoms with Crippen LogP contribution in [0, 0.1) is 10.1 Å². The molecule has 1 unspecified atom stereocenters. The Labute approximate surface area is 135 Å². The monoisotopic (exact) mass is 331 g/mol. The van der Waals surface area contributed by atoms with Gasteiger partial charge in [-0.25, -0.2) is 0 Å². The van der Waals surface area contributed by atoms with Gasteiger partial charge in [0.25, 0.3) is 11.6 Å². The minimum atomic E-state index is -0.585. The molecule has 1 amide bonds. The van der Waals surface area contributed by atoms with Crippen LogP contribution in [-0.4, -0.2) is 30.5 Å². The second-order valence-electron chi connectivity index (χ2n) is 4.69. The Balaban J connectivity index is 0.00000441. The largest absolute Gasteiger partial charge is 0.497 e. The van der Waals surface area contributed by atoms with Gasteiger partial charge in [0.1, 0.15) is 11.3 Å². The molecule has 0 aliphatic rings. The average molecular weight is 332 g/mol. The number of nitro benzene ring substituents is 1. The van der Waals surface area contributed by atoms with E-state index in [1.165, 1.54) is 25.3 Å². The number of nitrogens with zero attached hydrogens (tertiary/aromatic N) is 1. The molecule has 0 radical (unpaired) electrons. The molecule has 0 aliphatic carbocycles. The first-order valence-electron chi connectivity index (χ1n) is 6.86. The fraction of sp³-hybridized carbons (Fsp3) is 0.500. The Kier molecular flexibility index (Phi) is 9.12. The first kappa shape index (κ1) is 20.1. The summed E-state index contributed by atoms with van der Waals surface area (Å²) in [6.07, 6.45) is 2.67. The number of nitrogens with two attached hydrogens (primary N) is 1. The Morgan fingerprint density at radius 2 is 2.18 bits per heavy atom. The molecule has 1 aromatic carbocycles. The predicted octanol–water partition coefficient (Wildman–Crippen LogP) is 2.27. The van der Waals surface area contributed by atoms with Gasteiger partial charge in [-0.05, 0) is 18.6 Å². The van der Waals surface area contributed by atoms with Crippen molar-refractivity contribution in [2.45, 2.75) is 32.2 Å². The maximum atomic E-state index is 12.2. The molecule has 1 aromatic rings. The van der Waals surface area contributed by atoms with E-state index < -0.39 is 10.8 Å². The fourth-order valence-electron chi connectivity index (χ4n) is 1.95. The van der Waals surface area contributed by atoms with Crippen LogP contribution in [0.2, 0.25) is 0 Å². The quantitative estimate of drug-likeness (QED) is 0.561. The van der Waals surface area contributed by atoms with Crippen LogP contribution in [0.4, 0.5) is 5.69 Å². The van der Waals surface area contributed by atoms with E-state index in [1.54, 1.807) is 0 Å². The lowest BCUT2D eigenvalue weighted by molar-refractivity contribution is -0.385. The molecule has 22 heavy (non-hydrogen) atoms. The number of ether oxygens (including phenoxy) is 1. The molecule has 7 nitrogen and oxygen atoms in total. The number of rotatable bonds is 8. The Morgan fingerprint density at radius 3 is 2.68 bits per heavy atom. The fourth-order valence-corrected chi connectivity index (χ4v) is 1.95. The van der Waals surface area contributed by atoms with Crippen molar-refractivity contribution in [1.82, 2.24) is 5.32 Å². The molecule has 0 aromatic heterocycles. The van der Waals surface area contributed by atoms with Gasteiger partial charge < -0.3 is 15.8 Å². The highest BCUT2D eigenvalue weighted by atomic mass is 35.5. The minimum absolute atomic E-state index is 0. The summed E-state index contributed by atoms with van der Waals surface area (Å²) in [4.78, 5) is 22.7. The van der Waals surface area contributed by atoms with Crippen LogP contribution in [0.15, 0.2) is 18.2 Å². The average Bonchev–Trinajstić information content (AvgIpc) is 2.50. The van der Waals surface area contributed by atoms with Gasteiger partial charge in [-0.15, -0.1) is 12.4 Å². The number of halogens is 1. The zero-order chi connectivity index (χ0) is 15.8. The number of unbranched alkanes of at least 4 members (excludes halogenated alkanes) is 1. The van der Waals surface area contributed by atoms with E-state index >= 15 is 0 Å². The number of carbonyl (C=O) groups excluding carboxylic acids is 1. The number of nitro groups is 1. The maximum absolute atomic E-state index is 12.2. The number of methoxy groups -OCH3 is 1. The molecular weight excluding hydrogens is 310 g/mol. The SMILES string of the molecule is CCCCC(CN)NC(=O)c1cc(OC)ccc1[N+](=O)[O-].Cl. The second kappa shape index (κ2) is 9.97. The Hall–Kier alpha value is -1.86. The van der Waals surface area contributed by atoms with E-state index in [1.807, 2.05) is 6.92 Å². The molecule has 8 heteroatoms. The lowest BCUT2D eigenvalue weighted by Crippen LogP contribution is -2.40. The number of amides is 1. The van der Waals surface area contributed by atoms with E-state index in [9.17, 15) is 14.9 Å². The van der Waals surface area contributed by atoms with Crippen LogP contribution in [0.25, 0.3) is 0 Å². The number of carbonyl (C=O) groups is 1. The zero-order valence-corrected chi connectivity index (χ0v) is 13.5. The second-order valence-corrected chi connectivity index (χ2v) is 4.69. The number of benzene rings is 1. The summed E-state index contributed by atoms with van der Waals surface area (Å²) in [5.74, 6) is -0.115. The number of hydrogen-bond acceptors (Lipinski definition) is 5.